The third kappa shape index (κ3) is 8.32. The first-order valence-corrected chi connectivity index (χ1v) is 23.5. The number of ether oxygens (including phenoxy) is 2. The third-order valence-corrected chi connectivity index (χ3v) is 13.6. The molecule has 3 amide bonds. The number of phenols is 2. The highest BCUT2D eigenvalue weighted by molar-refractivity contribution is 5.93. The maximum atomic E-state index is 13.8. The van der Waals surface area contributed by atoms with Crippen LogP contribution in [0.15, 0.2) is 65.5 Å². The number of carbonyl (C=O) groups excluding carboxylic acids is 3. The molecule has 19 heteroatoms. The molecule has 6 heterocycles. The second-order valence-electron chi connectivity index (χ2n) is 18.2. The number of nitrogens with one attached hydrogen (secondary N) is 1. The first-order chi connectivity index (χ1) is 33.5. The van der Waals surface area contributed by atoms with Gasteiger partial charge in [0.15, 0.2) is 11.4 Å². The molecule has 0 radical (unpaired) electrons. The summed E-state index contributed by atoms with van der Waals surface area (Å²) in [5, 5.41) is 54.9. The van der Waals surface area contributed by atoms with E-state index in [1.807, 2.05) is 26.8 Å². The SMILES string of the molecule is CCNC(=O)c1nnc(-c2cc(C(C)C)c(O)cc2O)n1-c1ccc(OC2CCN(C(=O)CN(Cc3ccc4nc5c(c(CC)c4c3)Cn3c-5cc4c(c3=O)COC(=O)[C@]4(O)CC)C(=O)O)CC2)cc1. The van der Waals surface area contributed by atoms with Gasteiger partial charge in [0.05, 0.1) is 34.6 Å². The Morgan fingerprint density at radius 2 is 1.70 bits per heavy atom. The molecule has 3 aromatic heterocycles. The van der Waals surface area contributed by atoms with Crippen LogP contribution in [-0.2, 0) is 46.0 Å². The molecule has 3 aromatic carbocycles. The second kappa shape index (κ2) is 18.6. The smallest absolute Gasteiger partial charge is 0.408 e. The quantitative estimate of drug-likeness (QED) is 0.0867. The van der Waals surface area contributed by atoms with Crippen molar-refractivity contribution in [1.82, 2.24) is 39.4 Å². The van der Waals surface area contributed by atoms with Crippen molar-refractivity contribution < 1.29 is 49.1 Å². The molecule has 1 fully saturated rings. The van der Waals surface area contributed by atoms with Gasteiger partial charge in [0.25, 0.3) is 11.5 Å². The average Bonchev–Trinajstić information content (AvgIpc) is 3.95. The number of carbonyl (C=O) groups is 4. The summed E-state index contributed by atoms with van der Waals surface area (Å²) in [5.41, 5.74) is 3.71. The molecule has 5 N–H and O–H groups in total. The standard InChI is InChI=1S/C51H54N8O11/c1-6-32-34-19-28(9-14-39(34)53-44-36(32)24-58-40(44)21-38-37(48(58)64)26-69-49(65)51(38,68)7-2)23-57(50(66)67)25-43(62)56-17-15-31(16-18-56)70-30-12-10-29(11-13-30)59-45(54-55-46(59)47(63)52-8-3)35-20-33(27(4)5)41(60)22-42(35)61/h9-14,19-22,27,31,60-61,68H,6-8,15-18,23-26H2,1-5H3,(H,52,63)(H,66,67)/t51-/m0/s1. The molecule has 3 aliphatic rings. The lowest BCUT2D eigenvalue weighted by atomic mass is 9.86. The minimum Gasteiger partial charge on any atom is -0.508 e. The molecular weight excluding hydrogens is 901 g/mol. The largest absolute Gasteiger partial charge is 0.508 e. The van der Waals surface area contributed by atoms with Crippen LogP contribution >= 0.6 is 0 Å². The maximum Gasteiger partial charge on any atom is 0.408 e. The Labute approximate surface area is 401 Å². The minimum absolute atomic E-state index is 0.00140. The van der Waals surface area contributed by atoms with Gasteiger partial charge in [-0.25, -0.2) is 14.6 Å². The number of piperidine rings is 1. The van der Waals surface area contributed by atoms with Gasteiger partial charge in [-0.1, -0.05) is 33.8 Å². The molecule has 19 nitrogen and oxygen atoms in total. The van der Waals surface area contributed by atoms with Crippen LogP contribution in [0.1, 0.15) is 104 Å². The third-order valence-electron chi connectivity index (χ3n) is 13.6. The topological polar surface area (TPSA) is 252 Å². The molecule has 0 aliphatic carbocycles. The van der Waals surface area contributed by atoms with Gasteiger partial charge in [0, 0.05) is 67.3 Å². The fourth-order valence-corrected chi connectivity index (χ4v) is 9.80. The van der Waals surface area contributed by atoms with E-state index in [9.17, 15) is 44.4 Å². The maximum absolute atomic E-state index is 13.8. The normalized spacial score (nSPS) is 16.4. The molecule has 1 saturated heterocycles. The lowest BCUT2D eigenvalue weighted by molar-refractivity contribution is -0.172. The summed E-state index contributed by atoms with van der Waals surface area (Å²) in [4.78, 5) is 73.5. The summed E-state index contributed by atoms with van der Waals surface area (Å²) in [7, 11) is 0. The van der Waals surface area contributed by atoms with Crippen LogP contribution in [0.3, 0.4) is 0 Å². The van der Waals surface area contributed by atoms with E-state index in [2.05, 4.69) is 15.5 Å². The predicted octanol–water partition coefficient (Wildman–Crippen LogP) is 5.72. The van der Waals surface area contributed by atoms with E-state index < -0.39 is 23.6 Å². The number of aromatic nitrogens is 5. The summed E-state index contributed by atoms with van der Waals surface area (Å²) < 4.78 is 14.7. The van der Waals surface area contributed by atoms with Gasteiger partial charge in [-0.15, -0.1) is 10.2 Å². The summed E-state index contributed by atoms with van der Waals surface area (Å²) in [6.07, 6.45) is 0.134. The highest BCUT2D eigenvalue weighted by Gasteiger charge is 2.45. The number of pyridine rings is 2. The van der Waals surface area contributed by atoms with E-state index in [1.165, 1.54) is 10.6 Å². The Bertz CT molecular complexity index is 3160. The summed E-state index contributed by atoms with van der Waals surface area (Å²) >= 11 is 0. The highest BCUT2D eigenvalue weighted by atomic mass is 16.6. The van der Waals surface area contributed by atoms with E-state index in [4.69, 9.17) is 14.5 Å². The van der Waals surface area contributed by atoms with Crippen molar-refractivity contribution >= 4 is 34.8 Å². The number of hydrogen-bond acceptors (Lipinski definition) is 13. The zero-order chi connectivity index (χ0) is 49.8. The van der Waals surface area contributed by atoms with Gasteiger partial charge in [-0.3, -0.25) is 23.9 Å². The number of rotatable bonds is 13. The van der Waals surface area contributed by atoms with Crippen LogP contribution in [0.5, 0.6) is 17.2 Å². The van der Waals surface area contributed by atoms with Gasteiger partial charge in [-0.05, 0) is 90.9 Å². The number of hydrogen-bond donors (Lipinski definition) is 5. The van der Waals surface area contributed by atoms with Gasteiger partial charge < -0.3 is 44.7 Å². The molecule has 70 heavy (non-hydrogen) atoms. The number of aromatic hydroxyl groups is 2. The molecule has 9 rings (SSSR count). The van der Waals surface area contributed by atoms with Gasteiger partial charge in [-0.2, -0.15) is 0 Å². The van der Waals surface area contributed by atoms with E-state index >= 15 is 0 Å². The number of likely N-dealkylation sites (tertiary alicyclic amines) is 1. The highest BCUT2D eigenvalue weighted by Crippen LogP contribution is 2.41. The summed E-state index contributed by atoms with van der Waals surface area (Å²) in [6.45, 7) is 9.90. The Balaban J connectivity index is 0.862. The van der Waals surface area contributed by atoms with Crippen LogP contribution in [0.2, 0.25) is 0 Å². The zero-order valence-corrected chi connectivity index (χ0v) is 39.5. The number of aliphatic hydroxyl groups is 1. The second-order valence-corrected chi connectivity index (χ2v) is 18.2. The molecule has 0 saturated carbocycles. The van der Waals surface area contributed by atoms with Gasteiger partial charge in [0.2, 0.25) is 11.7 Å². The molecular formula is C51H54N8O11. The minimum atomic E-state index is -1.94. The fraction of sp³-hybridized carbons (Fsp3) is 0.373. The van der Waals surface area contributed by atoms with E-state index in [0.29, 0.717) is 78.4 Å². The van der Waals surface area contributed by atoms with Crippen LogP contribution < -0.4 is 15.6 Å². The van der Waals surface area contributed by atoms with Gasteiger partial charge in [0.1, 0.15) is 36.5 Å². The number of fused-ring (bicyclic) bond motifs is 5. The number of amides is 3. The first kappa shape index (κ1) is 47.3. The number of nitrogens with zero attached hydrogens (tertiary/aromatic N) is 7. The number of esters is 1. The van der Waals surface area contributed by atoms with Crippen molar-refractivity contribution in [2.24, 2.45) is 0 Å². The molecule has 364 valence electrons. The number of benzene rings is 3. The summed E-state index contributed by atoms with van der Waals surface area (Å²) in [6, 6.07) is 17.0. The molecule has 0 bridgehead atoms. The van der Waals surface area contributed by atoms with E-state index in [1.54, 1.807) is 71.8 Å². The molecule has 0 spiro atoms. The van der Waals surface area contributed by atoms with Crippen molar-refractivity contribution in [1.29, 1.82) is 0 Å². The fourth-order valence-electron chi connectivity index (χ4n) is 9.80. The Morgan fingerprint density at radius 1 is 0.957 bits per heavy atom. The number of carboxylic acid groups (broad SMARTS) is 1. The Kier molecular flexibility index (Phi) is 12.6. The van der Waals surface area contributed by atoms with E-state index in [-0.39, 0.29) is 96.0 Å². The van der Waals surface area contributed by atoms with Crippen molar-refractivity contribution in [3.05, 3.63) is 110 Å². The van der Waals surface area contributed by atoms with Gasteiger partial charge >= 0.3 is 12.1 Å². The van der Waals surface area contributed by atoms with Crippen LogP contribution in [0.4, 0.5) is 4.79 Å². The Morgan fingerprint density at radius 3 is 2.37 bits per heavy atom. The van der Waals surface area contributed by atoms with Crippen LogP contribution in [0, 0.1) is 0 Å². The van der Waals surface area contributed by atoms with Crippen molar-refractivity contribution in [2.75, 3.05) is 26.2 Å². The van der Waals surface area contributed by atoms with Crippen molar-refractivity contribution in [3.8, 4) is 45.7 Å². The number of cyclic esters (lactones) is 1. The van der Waals surface area contributed by atoms with Crippen LogP contribution in [-0.4, -0.2) is 111 Å². The number of phenolic OH excluding ortho intramolecular Hbond substituents is 2. The van der Waals surface area contributed by atoms with Crippen molar-refractivity contribution in [2.45, 2.75) is 97.6 Å². The van der Waals surface area contributed by atoms with Crippen LogP contribution in [0.25, 0.3) is 39.4 Å². The molecule has 3 aliphatic heterocycles. The summed E-state index contributed by atoms with van der Waals surface area (Å²) in [5.74, 6) is -1.20. The first-order valence-electron chi connectivity index (χ1n) is 23.5. The van der Waals surface area contributed by atoms with Crippen molar-refractivity contribution in [3.63, 3.8) is 0 Å². The lowest BCUT2D eigenvalue weighted by Gasteiger charge is -2.33. The molecule has 0 unspecified atom stereocenters. The van der Waals surface area contributed by atoms with E-state index in [0.717, 1.165) is 21.4 Å². The molecule has 6 aromatic rings. The number of aryl methyl sites for hydroxylation is 1. The monoisotopic (exact) mass is 954 g/mol. The zero-order valence-electron chi connectivity index (χ0n) is 39.5. The predicted molar refractivity (Wildman–Crippen MR) is 255 cm³/mol. The molecule has 1 atom stereocenters. The lowest BCUT2D eigenvalue weighted by Crippen LogP contribution is -2.46. The average molecular weight is 955 g/mol. The Hall–Kier alpha value is -7.80.